The van der Waals surface area contributed by atoms with Crippen molar-refractivity contribution in [1.82, 2.24) is 0 Å². The van der Waals surface area contributed by atoms with Crippen molar-refractivity contribution in [2.24, 2.45) is 0 Å². The van der Waals surface area contributed by atoms with Crippen LogP contribution in [0.2, 0.25) is 0 Å². The summed E-state index contributed by atoms with van der Waals surface area (Å²) in [6, 6.07) is 7.31. The van der Waals surface area contributed by atoms with Crippen LogP contribution in [0, 0.1) is 0 Å². The summed E-state index contributed by atoms with van der Waals surface area (Å²) < 4.78 is 23.3. The van der Waals surface area contributed by atoms with E-state index in [0.29, 0.717) is 30.0 Å². The molecule has 0 amide bonds. The van der Waals surface area contributed by atoms with Crippen LogP contribution >= 0.6 is 0 Å². The molecule has 0 aliphatic carbocycles. The fourth-order valence-corrected chi connectivity index (χ4v) is 3.00. The maximum absolute atomic E-state index is 11.9. The van der Waals surface area contributed by atoms with Gasteiger partial charge in [0.1, 0.15) is 11.5 Å². The van der Waals surface area contributed by atoms with E-state index in [9.17, 15) is 9.90 Å². The van der Waals surface area contributed by atoms with E-state index >= 15 is 0 Å². The topological polar surface area (TPSA) is 74.2 Å². The second-order valence-electron chi connectivity index (χ2n) is 8.29. The minimum Gasteiger partial charge on any atom is -0.513 e. The van der Waals surface area contributed by atoms with Crippen molar-refractivity contribution in [2.45, 2.75) is 72.5 Å². The molecular weight excluding hydrogens is 383 g/mol. The average Bonchev–Trinajstić information content (AvgIpc) is 2.88. The van der Waals surface area contributed by atoms with E-state index < -0.39 is 18.3 Å². The van der Waals surface area contributed by atoms with Gasteiger partial charge in [0.15, 0.2) is 0 Å². The zero-order chi connectivity index (χ0) is 22.5. The molecule has 0 aromatic heterocycles. The Bertz CT molecular complexity index is 809. The van der Waals surface area contributed by atoms with Crippen molar-refractivity contribution in [3.63, 3.8) is 0 Å². The number of allylic oxidation sites excluding steroid dienone is 4. The summed E-state index contributed by atoms with van der Waals surface area (Å²) in [5, 5.41) is 10.5. The quantitative estimate of drug-likeness (QED) is 0.280. The van der Waals surface area contributed by atoms with Crippen LogP contribution in [0.1, 0.15) is 60.5 Å². The van der Waals surface area contributed by atoms with E-state index in [4.69, 9.17) is 18.8 Å². The van der Waals surface area contributed by atoms with Crippen molar-refractivity contribution in [2.75, 3.05) is 6.61 Å². The molecule has 7 heteroatoms. The molecule has 0 bridgehead atoms. The molecule has 0 atom stereocenters. The summed E-state index contributed by atoms with van der Waals surface area (Å²) in [6.07, 6.45) is 2.28. The maximum atomic E-state index is 11.9. The van der Waals surface area contributed by atoms with E-state index in [2.05, 4.69) is 0 Å². The van der Waals surface area contributed by atoms with E-state index in [1.807, 2.05) is 52.8 Å². The fourth-order valence-electron chi connectivity index (χ4n) is 3.00. The van der Waals surface area contributed by atoms with Gasteiger partial charge in [0.25, 0.3) is 0 Å². The van der Waals surface area contributed by atoms with Gasteiger partial charge in [-0.3, -0.25) is 4.79 Å². The second kappa shape index (κ2) is 9.71. The minimum absolute atomic E-state index is 0.122. The summed E-state index contributed by atoms with van der Waals surface area (Å²) in [4.78, 5) is 11.9. The number of rotatable bonds is 8. The van der Waals surface area contributed by atoms with Gasteiger partial charge in [-0.05, 0) is 53.7 Å². The smallest absolute Gasteiger partial charge is 0.498 e. The Balaban J connectivity index is 2.27. The number of aliphatic hydroxyl groups excluding tert-OH is 1. The van der Waals surface area contributed by atoms with E-state index in [1.54, 1.807) is 26.0 Å². The second-order valence-corrected chi connectivity index (χ2v) is 8.29. The first kappa shape index (κ1) is 24.0. The first-order valence-corrected chi connectivity index (χ1v) is 10.4. The highest BCUT2D eigenvalue weighted by atomic mass is 16.7. The molecule has 1 aromatic carbocycles. The lowest BCUT2D eigenvalue weighted by atomic mass is 9.76. The first-order chi connectivity index (χ1) is 14.0. The van der Waals surface area contributed by atoms with Gasteiger partial charge >= 0.3 is 13.1 Å². The van der Waals surface area contributed by atoms with Crippen LogP contribution in [0.3, 0.4) is 0 Å². The number of hydrogen-bond donors (Lipinski definition) is 1. The molecule has 1 aliphatic rings. The lowest BCUT2D eigenvalue weighted by molar-refractivity contribution is -0.142. The summed E-state index contributed by atoms with van der Waals surface area (Å²) in [7, 11) is -0.705. The number of hydrogen-bond acceptors (Lipinski definition) is 6. The molecule has 1 heterocycles. The third-order valence-electron chi connectivity index (χ3n) is 5.42. The normalized spacial score (nSPS) is 18.8. The Hall–Kier alpha value is -2.25. The average molecular weight is 416 g/mol. The predicted octanol–water partition coefficient (Wildman–Crippen LogP) is 4.93. The maximum Gasteiger partial charge on any atom is 0.498 e. The Labute approximate surface area is 180 Å². The van der Waals surface area contributed by atoms with Gasteiger partial charge in [-0.15, -0.1) is 0 Å². The molecule has 30 heavy (non-hydrogen) atoms. The van der Waals surface area contributed by atoms with E-state index in [0.717, 1.165) is 5.56 Å². The standard InChI is InChI=1S/C23H33BO6/c1-8-19(25)18(24-29-22(4,5)23(6,7)30-24)14-16(3)28-20-13-11-10-12-17(20)15-21(26)27-9-2/h10-14,25H,8-9,15H2,1-7H3/b16-14+,19-18-. The predicted molar refractivity (Wildman–Crippen MR) is 117 cm³/mol. The largest absolute Gasteiger partial charge is 0.513 e. The highest BCUT2D eigenvalue weighted by molar-refractivity contribution is 6.55. The van der Waals surface area contributed by atoms with Gasteiger partial charge in [-0.1, -0.05) is 25.1 Å². The molecule has 1 fully saturated rings. The zero-order valence-electron chi connectivity index (χ0n) is 19.1. The summed E-state index contributed by atoms with van der Waals surface area (Å²) in [6.45, 7) is 13.6. The molecule has 6 nitrogen and oxygen atoms in total. The van der Waals surface area contributed by atoms with Crippen LogP contribution in [-0.4, -0.2) is 36.0 Å². The van der Waals surface area contributed by atoms with Gasteiger partial charge < -0.3 is 23.9 Å². The van der Waals surface area contributed by atoms with Crippen molar-refractivity contribution in [3.8, 4) is 5.75 Å². The summed E-state index contributed by atoms with van der Waals surface area (Å²) >= 11 is 0. The minimum atomic E-state index is -0.705. The third kappa shape index (κ3) is 5.67. The Morgan fingerprint density at radius 1 is 1.13 bits per heavy atom. The number of carbonyl (C=O) groups is 1. The number of para-hydroxylation sites is 1. The first-order valence-electron chi connectivity index (χ1n) is 10.4. The molecule has 1 saturated heterocycles. The number of ether oxygens (including phenoxy) is 2. The Kier molecular flexibility index (Phi) is 7.78. The van der Waals surface area contributed by atoms with Crippen molar-refractivity contribution in [3.05, 3.63) is 52.9 Å². The van der Waals surface area contributed by atoms with Crippen LogP contribution in [-0.2, 0) is 25.3 Å². The van der Waals surface area contributed by atoms with Crippen LogP contribution in [0.5, 0.6) is 5.75 Å². The molecule has 0 radical (unpaired) electrons. The Morgan fingerprint density at radius 2 is 1.73 bits per heavy atom. The lowest BCUT2D eigenvalue weighted by Gasteiger charge is -2.32. The SMILES string of the molecule is CCOC(=O)Cc1ccccc1O/C(C)=C/C(B1OC(C)(C)C(C)(C)O1)=C(/O)CC. The summed E-state index contributed by atoms with van der Waals surface area (Å²) in [5.41, 5.74) is 0.207. The van der Waals surface area contributed by atoms with Crippen LogP contribution < -0.4 is 4.74 Å². The number of benzene rings is 1. The number of esters is 1. The van der Waals surface area contributed by atoms with Crippen molar-refractivity contribution < 1.29 is 28.7 Å². The van der Waals surface area contributed by atoms with Gasteiger partial charge in [0.2, 0.25) is 0 Å². The summed E-state index contributed by atoms with van der Waals surface area (Å²) in [5.74, 6) is 0.965. The molecule has 1 aromatic rings. The highest BCUT2D eigenvalue weighted by Crippen LogP contribution is 2.39. The highest BCUT2D eigenvalue weighted by Gasteiger charge is 2.52. The van der Waals surface area contributed by atoms with Crippen LogP contribution in [0.25, 0.3) is 0 Å². The molecule has 0 unspecified atom stereocenters. The van der Waals surface area contributed by atoms with E-state index in [1.165, 1.54) is 0 Å². The van der Waals surface area contributed by atoms with Crippen molar-refractivity contribution >= 4 is 13.1 Å². The van der Waals surface area contributed by atoms with Gasteiger partial charge in [0, 0.05) is 17.5 Å². The van der Waals surface area contributed by atoms with Gasteiger partial charge in [0.05, 0.1) is 30.0 Å². The van der Waals surface area contributed by atoms with Gasteiger partial charge in [-0.2, -0.15) is 0 Å². The molecule has 0 saturated carbocycles. The molecule has 0 spiro atoms. The molecule has 2 rings (SSSR count). The van der Waals surface area contributed by atoms with E-state index in [-0.39, 0.29) is 18.1 Å². The monoisotopic (exact) mass is 416 g/mol. The van der Waals surface area contributed by atoms with Crippen LogP contribution in [0.4, 0.5) is 0 Å². The zero-order valence-corrected chi connectivity index (χ0v) is 19.1. The molecule has 1 N–H and O–H groups in total. The third-order valence-corrected chi connectivity index (χ3v) is 5.42. The lowest BCUT2D eigenvalue weighted by Crippen LogP contribution is -2.41. The fraction of sp³-hybridized carbons (Fsp3) is 0.522. The molecular formula is C23H33BO6. The Morgan fingerprint density at radius 3 is 2.30 bits per heavy atom. The van der Waals surface area contributed by atoms with Crippen molar-refractivity contribution in [1.29, 1.82) is 0 Å². The van der Waals surface area contributed by atoms with Crippen LogP contribution in [0.15, 0.2) is 47.3 Å². The molecule has 1 aliphatic heterocycles. The van der Waals surface area contributed by atoms with Gasteiger partial charge in [-0.25, -0.2) is 0 Å². The number of aliphatic hydroxyl groups is 1. The molecule has 164 valence electrons. The number of carbonyl (C=O) groups excluding carboxylic acids is 1.